The number of aryl methyl sites for hydroxylation is 2. The van der Waals surface area contributed by atoms with Gasteiger partial charge >= 0.3 is 0 Å². The molecule has 0 bridgehead atoms. The molecule has 1 aromatic carbocycles. The lowest BCUT2D eigenvalue weighted by Gasteiger charge is -2.34. The van der Waals surface area contributed by atoms with Crippen molar-refractivity contribution in [2.45, 2.75) is 52.0 Å². The summed E-state index contributed by atoms with van der Waals surface area (Å²) in [6, 6.07) is 7.37. The lowest BCUT2D eigenvalue weighted by Crippen LogP contribution is -2.43. The molecule has 1 atom stereocenters. The smallest absolute Gasteiger partial charge is 0.0394 e. The van der Waals surface area contributed by atoms with Crippen LogP contribution in [0.1, 0.15) is 43.2 Å². The number of hydrogen-bond donors (Lipinski definition) is 1. The third-order valence-corrected chi connectivity index (χ3v) is 4.82. The van der Waals surface area contributed by atoms with Crippen LogP contribution in [0.25, 0.3) is 0 Å². The van der Waals surface area contributed by atoms with Crippen LogP contribution >= 0.6 is 0 Å². The summed E-state index contributed by atoms with van der Waals surface area (Å²) in [5, 5.41) is 3.56. The van der Waals surface area contributed by atoms with Gasteiger partial charge in [-0.05, 0) is 51.3 Å². The molecule has 0 aromatic heterocycles. The topological polar surface area (TPSA) is 15.3 Å². The predicted molar refractivity (Wildman–Crippen MR) is 88.6 cm³/mol. The number of nitrogens with zero attached hydrogens (tertiary/aromatic N) is 1. The molecule has 1 aliphatic carbocycles. The molecule has 0 amide bonds. The SMILES string of the molecule is CNC(CN(C)c1ccc(C)cc1C)C1CCCCC1. The van der Waals surface area contributed by atoms with E-state index in [0.717, 1.165) is 12.5 Å². The lowest BCUT2D eigenvalue weighted by molar-refractivity contribution is 0.280. The van der Waals surface area contributed by atoms with Gasteiger partial charge in [-0.15, -0.1) is 0 Å². The van der Waals surface area contributed by atoms with E-state index < -0.39 is 0 Å². The van der Waals surface area contributed by atoms with Gasteiger partial charge in [0.1, 0.15) is 0 Å². The molecule has 0 saturated heterocycles. The van der Waals surface area contributed by atoms with Crippen molar-refractivity contribution < 1.29 is 0 Å². The molecular formula is C18H30N2. The maximum atomic E-state index is 3.56. The Morgan fingerprint density at radius 2 is 1.90 bits per heavy atom. The minimum atomic E-state index is 0.612. The summed E-state index contributed by atoms with van der Waals surface area (Å²) in [6.07, 6.45) is 7.05. The first-order valence-electron chi connectivity index (χ1n) is 8.07. The Balaban J connectivity index is 2.02. The summed E-state index contributed by atoms with van der Waals surface area (Å²) >= 11 is 0. The fourth-order valence-corrected chi connectivity index (χ4v) is 3.64. The molecule has 2 rings (SSSR count). The minimum Gasteiger partial charge on any atom is -0.373 e. The van der Waals surface area contributed by atoms with Gasteiger partial charge in [-0.25, -0.2) is 0 Å². The summed E-state index contributed by atoms with van der Waals surface area (Å²) in [4.78, 5) is 2.42. The normalized spacial score (nSPS) is 18.0. The van der Waals surface area contributed by atoms with E-state index in [1.54, 1.807) is 0 Å². The summed E-state index contributed by atoms with van der Waals surface area (Å²) < 4.78 is 0. The van der Waals surface area contributed by atoms with Crippen LogP contribution in [0.15, 0.2) is 18.2 Å². The molecule has 1 aliphatic rings. The Labute approximate surface area is 124 Å². The van der Waals surface area contributed by atoms with Gasteiger partial charge in [0.05, 0.1) is 0 Å². The highest BCUT2D eigenvalue weighted by Gasteiger charge is 2.23. The molecule has 1 saturated carbocycles. The molecular weight excluding hydrogens is 244 g/mol. The number of anilines is 1. The zero-order valence-electron chi connectivity index (χ0n) is 13.6. The second-order valence-corrected chi connectivity index (χ2v) is 6.46. The molecule has 2 nitrogen and oxygen atoms in total. The minimum absolute atomic E-state index is 0.612. The second-order valence-electron chi connectivity index (χ2n) is 6.46. The Kier molecular flexibility index (Phi) is 5.47. The van der Waals surface area contributed by atoms with Crippen molar-refractivity contribution in [2.24, 2.45) is 5.92 Å². The molecule has 112 valence electrons. The average molecular weight is 274 g/mol. The Bertz CT molecular complexity index is 421. The van der Waals surface area contributed by atoms with Crippen LogP contribution in [0.2, 0.25) is 0 Å². The Hall–Kier alpha value is -1.02. The van der Waals surface area contributed by atoms with Crippen molar-refractivity contribution >= 4 is 5.69 Å². The van der Waals surface area contributed by atoms with Crippen molar-refractivity contribution in [1.29, 1.82) is 0 Å². The van der Waals surface area contributed by atoms with Crippen LogP contribution in [-0.4, -0.2) is 26.7 Å². The zero-order chi connectivity index (χ0) is 14.5. The van der Waals surface area contributed by atoms with Crippen molar-refractivity contribution in [3.8, 4) is 0 Å². The summed E-state index contributed by atoms with van der Waals surface area (Å²) in [6.45, 7) is 5.48. The highest BCUT2D eigenvalue weighted by atomic mass is 15.1. The number of benzene rings is 1. The molecule has 0 heterocycles. The van der Waals surface area contributed by atoms with Crippen molar-refractivity contribution in [3.05, 3.63) is 29.3 Å². The van der Waals surface area contributed by atoms with Crippen molar-refractivity contribution in [3.63, 3.8) is 0 Å². The molecule has 1 fully saturated rings. The zero-order valence-corrected chi connectivity index (χ0v) is 13.6. The number of likely N-dealkylation sites (N-methyl/N-ethyl adjacent to an activating group) is 2. The highest BCUT2D eigenvalue weighted by molar-refractivity contribution is 5.53. The average Bonchev–Trinajstić information content (AvgIpc) is 2.45. The molecule has 1 unspecified atom stereocenters. The van der Waals surface area contributed by atoms with Crippen LogP contribution in [0.4, 0.5) is 5.69 Å². The number of hydrogen-bond acceptors (Lipinski definition) is 2. The first kappa shape index (κ1) is 15.4. The van der Waals surface area contributed by atoms with E-state index >= 15 is 0 Å². The van der Waals surface area contributed by atoms with E-state index in [-0.39, 0.29) is 0 Å². The van der Waals surface area contributed by atoms with E-state index in [4.69, 9.17) is 0 Å². The predicted octanol–water partition coefficient (Wildman–Crippen LogP) is 3.91. The Morgan fingerprint density at radius 1 is 1.20 bits per heavy atom. The molecule has 1 N–H and O–H groups in total. The maximum absolute atomic E-state index is 3.56. The van der Waals surface area contributed by atoms with Crippen molar-refractivity contribution in [1.82, 2.24) is 5.32 Å². The third kappa shape index (κ3) is 3.76. The molecule has 0 spiro atoms. The van der Waals surface area contributed by atoms with Crippen LogP contribution in [0.5, 0.6) is 0 Å². The Morgan fingerprint density at radius 3 is 2.50 bits per heavy atom. The monoisotopic (exact) mass is 274 g/mol. The lowest BCUT2D eigenvalue weighted by atomic mass is 9.83. The third-order valence-electron chi connectivity index (χ3n) is 4.82. The fourth-order valence-electron chi connectivity index (χ4n) is 3.64. The van der Waals surface area contributed by atoms with E-state index in [2.05, 4.69) is 56.4 Å². The van der Waals surface area contributed by atoms with Crippen LogP contribution in [0, 0.1) is 19.8 Å². The first-order chi connectivity index (χ1) is 9.61. The van der Waals surface area contributed by atoms with E-state index in [1.165, 1.54) is 48.9 Å². The van der Waals surface area contributed by atoms with Gasteiger partial charge in [0.25, 0.3) is 0 Å². The maximum Gasteiger partial charge on any atom is 0.0394 e. The first-order valence-corrected chi connectivity index (χ1v) is 8.07. The number of rotatable bonds is 5. The molecule has 20 heavy (non-hydrogen) atoms. The van der Waals surface area contributed by atoms with E-state index in [9.17, 15) is 0 Å². The van der Waals surface area contributed by atoms with Gasteiger partial charge in [0.15, 0.2) is 0 Å². The highest BCUT2D eigenvalue weighted by Crippen LogP contribution is 2.28. The molecule has 0 aliphatic heterocycles. The fraction of sp³-hybridized carbons (Fsp3) is 0.667. The van der Waals surface area contributed by atoms with Gasteiger partial charge in [0.2, 0.25) is 0 Å². The molecule has 0 radical (unpaired) electrons. The van der Waals surface area contributed by atoms with Gasteiger partial charge in [0, 0.05) is 25.3 Å². The van der Waals surface area contributed by atoms with E-state index in [0.29, 0.717) is 6.04 Å². The van der Waals surface area contributed by atoms with Gasteiger partial charge in [-0.3, -0.25) is 0 Å². The number of nitrogens with one attached hydrogen (secondary N) is 1. The quantitative estimate of drug-likeness (QED) is 0.876. The second kappa shape index (κ2) is 7.12. The van der Waals surface area contributed by atoms with Crippen LogP contribution < -0.4 is 10.2 Å². The standard InChI is InChI=1S/C18H30N2/c1-14-10-11-18(15(2)12-14)20(4)13-17(19-3)16-8-6-5-7-9-16/h10-12,16-17,19H,5-9,13H2,1-4H3. The van der Waals surface area contributed by atoms with Crippen LogP contribution in [-0.2, 0) is 0 Å². The largest absolute Gasteiger partial charge is 0.373 e. The summed E-state index contributed by atoms with van der Waals surface area (Å²) in [5.41, 5.74) is 4.09. The van der Waals surface area contributed by atoms with Gasteiger partial charge in [-0.1, -0.05) is 37.0 Å². The van der Waals surface area contributed by atoms with Gasteiger partial charge in [-0.2, -0.15) is 0 Å². The summed E-state index contributed by atoms with van der Waals surface area (Å²) in [5.74, 6) is 0.849. The summed E-state index contributed by atoms with van der Waals surface area (Å²) in [7, 11) is 4.35. The van der Waals surface area contributed by atoms with Gasteiger partial charge < -0.3 is 10.2 Å². The van der Waals surface area contributed by atoms with Crippen molar-refractivity contribution in [2.75, 3.05) is 25.5 Å². The molecule has 2 heteroatoms. The van der Waals surface area contributed by atoms with Crippen LogP contribution in [0.3, 0.4) is 0 Å². The van der Waals surface area contributed by atoms with E-state index in [1.807, 2.05) is 0 Å². The molecule has 1 aromatic rings.